The van der Waals surface area contributed by atoms with Gasteiger partial charge in [-0.1, -0.05) is 0 Å². The SMILES string of the molecule is NCC(NCCO)c1sccc1Br. The number of nitrogens with two attached hydrogens (primary N) is 1. The lowest BCUT2D eigenvalue weighted by molar-refractivity contribution is 0.285. The molecule has 5 heteroatoms. The molecular formula is C8H13BrN2OS. The predicted molar refractivity (Wildman–Crippen MR) is 58.9 cm³/mol. The van der Waals surface area contributed by atoms with E-state index in [4.69, 9.17) is 10.8 Å². The van der Waals surface area contributed by atoms with Crippen LogP contribution in [0.15, 0.2) is 15.9 Å². The highest BCUT2D eigenvalue weighted by atomic mass is 79.9. The monoisotopic (exact) mass is 264 g/mol. The quantitative estimate of drug-likeness (QED) is 0.747. The molecule has 0 spiro atoms. The van der Waals surface area contributed by atoms with Crippen molar-refractivity contribution in [1.29, 1.82) is 0 Å². The van der Waals surface area contributed by atoms with E-state index in [0.717, 1.165) is 4.47 Å². The lowest BCUT2D eigenvalue weighted by Crippen LogP contribution is -2.29. The Bertz CT molecular complexity index is 254. The first-order valence-corrected chi connectivity index (χ1v) is 5.74. The Morgan fingerprint density at radius 1 is 1.69 bits per heavy atom. The Morgan fingerprint density at radius 2 is 2.46 bits per heavy atom. The molecule has 1 atom stereocenters. The molecule has 0 aliphatic carbocycles. The van der Waals surface area contributed by atoms with E-state index in [1.165, 1.54) is 4.88 Å². The molecule has 0 amide bonds. The average molecular weight is 265 g/mol. The fourth-order valence-electron chi connectivity index (χ4n) is 1.08. The van der Waals surface area contributed by atoms with Crippen LogP contribution in [0.25, 0.3) is 0 Å². The minimum atomic E-state index is 0.138. The van der Waals surface area contributed by atoms with E-state index in [1.807, 2.05) is 11.4 Å². The standard InChI is InChI=1S/C8H13BrN2OS/c9-6-1-4-13-8(6)7(5-10)11-2-3-12/h1,4,7,11-12H,2-3,5,10H2. The zero-order valence-corrected chi connectivity index (χ0v) is 9.57. The van der Waals surface area contributed by atoms with Gasteiger partial charge in [0.2, 0.25) is 0 Å². The van der Waals surface area contributed by atoms with Gasteiger partial charge in [-0.3, -0.25) is 0 Å². The van der Waals surface area contributed by atoms with Crippen LogP contribution in [0.4, 0.5) is 0 Å². The summed E-state index contributed by atoms with van der Waals surface area (Å²) in [6.45, 7) is 1.25. The van der Waals surface area contributed by atoms with Crippen LogP contribution in [0.3, 0.4) is 0 Å². The summed E-state index contributed by atoms with van der Waals surface area (Å²) in [5, 5.41) is 13.9. The van der Waals surface area contributed by atoms with Crippen molar-refractivity contribution in [3.63, 3.8) is 0 Å². The Labute approximate surface area is 90.1 Å². The fraction of sp³-hybridized carbons (Fsp3) is 0.500. The van der Waals surface area contributed by atoms with Crippen LogP contribution in [-0.4, -0.2) is 24.8 Å². The van der Waals surface area contributed by atoms with Crippen LogP contribution in [0, 0.1) is 0 Å². The van der Waals surface area contributed by atoms with Crippen LogP contribution in [0.1, 0.15) is 10.9 Å². The van der Waals surface area contributed by atoms with E-state index < -0.39 is 0 Å². The van der Waals surface area contributed by atoms with Gasteiger partial charge in [0.1, 0.15) is 0 Å². The van der Waals surface area contributed by atoms with E-state index in [2.05, 4.69) is 21.2 Å². The van der Waals surface area contributed by atoms with Gasteiger partial charge in [0.25, 0.3) is 0 Å². The number of hydrogen-bond donors (Lipinski definition) is 3. The van der Waals surface area contributed by atoms with Crippen molar-refractivity contribution < 1.29 is 5.11 Å². The third kappa shape index (κ3) is 3.03. The highest BCUT2D eigenvalue weighted by Gasteiger charge is 2.12. The molecule has 1 unspecified atom stereocenters. The van der Waals surface area contributed by atoms with Crippen LogP contribution in [0.2, 0.25) is 0 Å². The summed E-state index contributed by atoms with van der Waals surface area (Å²) in [7, 11) is 0. The summed E-state index contributed by atoms with van der Waals surface area (Å²) in [5.74, 6) is 0. The minimum absolute atomic E-state index is 0.138. The smallest absolute Gasteiger partial charge is 0.0556 e. The van der Waals surface area contributed by atoms with Crippen LogP contribution in [0.5, 0.6) is 0 Å². The molecule has 0 aromatic carbocycles. The van der Waals surface area contributed by atoms with Gasteiger partial charge in [0, 0.05) is 22.4 Å². The molecule has 1 rings (SSSR count). The second-order valence-corrected chi connectivity index (χ2v) is 4.40. The van der Waals surface area contributed by atoms with Crippen molar-refractivity contribution in [1.82, 2.24) is 5.32 Å². The molecule has 4 N–H and O–H groups in total. The molecule has 1 aromatic rings. The molecule has 1 aromatic heterocycles. The summed E-state index contributed by atoms with van der Waals surface area (Å²) in [6.07, 6.45) is 0. The molecule has 0 bridgehead atoms. The first-order valence-electron chi connectivity index (χ1n) is 4.06. The number of rotatable bonds is 5. The van der Waals surface area contributed by atoms with Crippen LogP contribution in [-0.2, 0) is 0 Å². The number of thiophene rings is 1. The van der Waals surface area contributed by atoms with Crippen molar-refractivity contribution >= 4 is 27.3 Å². The van der Waals surface area contributed by atoms with Gasteiger partial charge in [0.15, 0.2) is 0 Å². The number of halogens is 1. The maximum atomic E-state index is 8.67. The van der Waals surface area contributed by atoms with E-state index >= 15 is 0 Å². The number of nitrogens with one attached hydrogen (secondary N) is 1. The van der Waals surface area contributed by atoms with Crippen LogP contribution < -0.4 is 11.1 Å². The summed E-state index contributed by atoms with van der Waals surface area (Å²) in [4.78, 5) is 1.19. The average Bonchev–Trinajstić information content (AvgIpc) is 2.54. The minimum Gasteiger partial charge on any atom is -0.395 e. The Hall–Kier alpha value is 0.0600. The molecule has 0 saturated carbocycles. The van der Waals surface area contributed by atoms with Gasteiger partial charge >= 0.3 is 0 Å². The molecule has 13 heavy (non-hydrogen) atoms. The molecular weight excluding hydrogens is 252 g/mol. The fourth-order valence-corrected chi connectivity index (χ4v) is 2.81. The molecule has 3 nitrogen and oxygen atoms in total. The van der Waals surface area contributed by atoms with E-state index in [0.29, 0.717) is 13.1 Å². The van der Waals surface area contributed by atoms with Gasteiger partial charge in [-0.15, -0.1) is 11.3 Å². The lowest BCUT2D eigenvalue weighted by Gasteiger charge is -2.14. The number of hydrogen-bond acceptors (Lipinski definition) is 4. The third-order valence-corrected chi connectivity index (χ3v) is 3.68. The van der Waals surface area contributed by atoms with Crippen molar-refractivity contribution in [3.8, 4) is 0 Å². The number of aliphatic hydroxyl groups is 1. The third-order valence-electron chi connectivity index (χ3n) is 1.70. The normalized spacial score (nSPS) is 13.2. The topological polar surface area (TPSA) is 58.3 Å². The van der Waals surface area contributed by atoms with E-state index in [-0.39, 0.29) is 12.6 Å². The highest BCUT2D eigenvalue weighted by Crippen LogP contribution is 2.28. The maximum Gasteiger partial charge on any atom is 0.0556 e. The zero-order valence-electron chi connectivity index (χ0n) is 7.16. The molecule has 0 aliphatic rings. The Balaban J connectivity index is 2.61. The Kier molecular flexibility index (Phi) is 4.90. The summed E-state index contributed by atoms with van der Waals surface area (Å²) >= 11 is 5.11. The summed E-state index contributed by atoms with van der Waals surface area (Å²) in [5.41, 5.74) is 5.62. The number of aliphatic hydroxyl groups excluding tert-OH is 1. The maximum absolute atomic E-state index is 8.67. The second kappa shape index (κ2) is 5.72. The zero-order chi connectivity index (χ0) is 9.68. The largest absolute Gasteiger partial charge is 0.395 e. The van der Waals surface area contributed by atoms with E-state index in [1.54, 1.807) is 11.3 Å². The van der Waals surface area contributed by atoms with Crippen molar-refractivity contribution in [2.45, 2.75) is 6.04 Å². The van der Waals surface area contributed by atoms with E-state index in [9.17, 15) is 0 Å². The lowest BCUT2D eigenvalue weighted by atomic mass is 10.2. The van der Waals surface area contributed by atoms with Gasteiger partial charge in [-0.2, -0.15) is 0 Å². The molecule has 74 valence electrons. The van der Waals surface area contributed by atoms with Crippen molar-refractivity contribution in [3.05, 3.63) is 20.8 Å². The molecule has 0 fully saturated rings. The molecule has 0 radical (unpaired) electrons. The molecule has 0 aliphatic heterocycles. The van der Waals surface area contributed by atoms with Crippen molar-refractivity contribution in [2.24, 2.45) is 5.73 Å². The summed E-state index contributed by atoms with van der Waals surface area (Å²) in [6, 6.07) is 2.14. The molecule has 0 saturated heterocycles. The van der Waals surface area contributed by atoms with Crippen LogP contribution >= 0.6 is 27.3 Å². The highest BCUT2D eigenvalue weighted by molar-refractivity contribution is 9.10. The van der Waals surface area contributed by atoms with Gasteiger partial charge in [-0.25, -0.2) is 0 Å². The van der Waals surface area contributed by atoms with Gasteiger partial charge < -0.3 is 16.2 Å². The summed E-state index contributed by atoms with van der Waals surface area (Å²) < 4.78 is 1.08. The first-order chi connectivity index (χ1) is 6.29. The predicted octanol–water partition coefficient (Wildman–Crippen LogP) is 1.09. The van der Waals surface area contributed by atoms with Gasteiger partial charge in [-0.05, 0) is 27.4 Å². The Morgan fingerprint density at radius 3 is 2.92 bits per heavy atom. The van der Waals surface area contributed by atoms with Crippen molar-refractivity contribution in [2.75, 3.05) is 19.7 Å². The first kappa shape index (κ1) is 11.1. The second-order valence-electron chi connectivity index (χ2n) is 2.60. The molecule has 1 heterocycles. The van der Waals surface area contributed by atoms with Gasteiger partial charge in [0.05, 0.1) is 12.6 Å².